The van der Waals surface area contributed by atoms with Crippen molar-refractivity contribution >= 4 is 34.8 Å². The Morgan fingerprint density at radius 3 is 1.32 bits per heavy atom. The number of nitrogens with zero attached hydrogens (tertiary/aromatic N) is 7. The van der Waals surface area contributed by atoms with E-state index in [1.165, 1.54) is 70.1 Å². The number of aromatic hydroxyl groups is 2. The zero-order chi connectivity index (χ0) is 46.6. The second-order valence-corrected chi connectivity index (χ2v) is 16.3. The molecule has 2 aliphatic rings. The summed E-state index contributed by atoms with van der Waals surface area (Å²) in [4.78, 5) is 29.7. The van der Waals surface area contributed by atoms with Gasteiger partial charge in [0.25, 0.3) is 0 Å². The van der Waals surface area contributed by atoms with E-state index in [1.54, 1.807) is 24.3 Å². The molecule has 6 aromatic rings. The summed E-state index contributed by atoms with van der Waals surface area (Å²) in [6, 6.07) is 21.7. The van der Waals surface area contributed by atoms with E-state index in [9.17, 15) is 56.7 Å². The molecule has 2 aromatic heterocycles. The van der Waals surface area contributed by atoms with Crippen LogP contribution >= 0.6 is 0 Å². The van der Waals surface area contributed by atoms with Crippen LogP contribution in [0.4, 0.5) is 58.7 Å². The highest BCUT2D eigenvalue weighted by Crippen LogP contribution is 2.48. The number of carbonyl (C=O) groups excluding carboxylic acids is 2. The van der Waals surface area contributed by atoms with Crippen LogP contribution in [0.25, 0.3) is 0 Å². The number of hydrogen-bond donors (Lipinski definition) is 4. The number of aromatic nitrogens is 2. The molecule has 4 amide bonds. The van der Waals surface area contributed by atoms with Gasteiger partial charge in [-0.25, -0.2) is 9.59 Å². The lowest BCUT2D eigenvalue weighted by Crippen LogP contribution is -2.44. The first-order chi connectivity index (χ1) is 30.8. The molecule has 19 heteroatoms. The number of quaternary nitrogens is 1. The SMILES string of the molecule is C[N+](C)(CCn1cc2c(c1O)[C@@H](c1ccc(C#N)cc1)NC(=O)N2c1cccc(C(F)(F)F)c1)CCn1cc2c(c1O)[C@@H](c1ccc(C#N)cc1)NC(=O)N2c1cccc(C(F)(F)F)c1. The maximum Gasteiger partial charge on any atom is 0.416 e. The molecule has 13 nitrogen and oxygen atoms in total. The van der Waals surface area contributed by atoms with E-state index in [0.29, 0.717) is 35.3 Å². The Bertz CT molecular complexity index is 2710. The fourth-order valence-corrected chi connectivity index (χ4v) is 8.11. The number of halogens is 6. The van der Waals surface area contributed by atoms with E-state index in [2.05, 4.69) is 10.6 Å². The maximum atomic E-state index is 13.8. The number of anilines is 4. The van der Waals surface area contributed by atoms with E-state index in [4.69, 9.17) is 0 Å². The molecule has 0 radical (unpaired) electrons. The minimum absolute atomic E-state index is 0.0933. The number of fused-ring (bicyclic) bond motifs is 2. The number of nitrogens with one attached hydrogen (secondary N) is 2. The van der Waals surface area contributed by atoms with Gasteiger partial charge >= 0.3 is 24.4 Å². The highest BCUT2D eigenvalue weighted by Gasteiger charge is 2.41. The summed E-state index contributed by atoms with van der Waals surface area (Å²) in [5, 5.41) is 47.9. The molecule has 0 saturated carbocycles. The minimum Gasteiger partial charge on any atom is -0.494 e. The average molecular weight is 895 g/mol. The van der Waals surface area contributed by atoms with Crippen molar-refractivity contribution in [2.24, 2.45) is 0 Å². The zero-order valence-corrected chi connectivity index (χ0v) is 34.5. The van der Waals surface area contributed by atoms with Gasteiger partial charge < -0.3 is 34.5 Å². The Labute approximate surface area is 367 Å². The van der Waals surface area contributed by atoms with Crippen LogP contribution in [-0.4, -0.2) is 63.1 Å². The van der Waals surface area contributed by atoms with Crippen molar-refractivity contribution in [3.05, 3.63) is 154 Å². The zero-order valence-electron chi connectivity index (χ0n) is 34.5. The molecule has 2 atom stereocenters. The molecular formula is C46H38F6N9O4+. The van der Waals surface area contributed by atoms with Gasteiger partial charge in [-0.2, -0.15) is 36.9 Å². The molecule has 0 bridgehead atoms. The summed E-state index contributed by atoms with van der Waals surface area (Å²) in [6.07, 6.45) is -6.43. The summed E-state index contributed by atoms with van der Waals surface area (Å²) in [5.74, 6) is -0.523. The van der Waals surface area contributed by atoms with E-state index in [-0.39, 0.29) is 63.2 Å². The summed E-state index contributed by atoms with van der Waals surface area (Å²) >= 11 is 0. The van der Waals surface area contributed by atoms with Crippen molar-refractivity contribution in [3.63, 3.8) is 0 Å². The van der Waals surface area contributed by atoms with Gasteiger partial charge in [0, 0.05) is 12.4 Å². The summed E-state index contributed by atoms with van der Waals surface area (Å²) < 4.78 is 86.0. The lowest BCUT2D eigenvalue weighted by Gasteiger charge is -2.33. The Kier molecular flexibility index (Phi) is 11.0. The smallest absolute Gasteiger partial charge is 0.416 e. The lowest BCUT2D eigenvalue weighted by atomic mass is 9.96. The van der Waals surface area contributed by atoms with E-state index >= 15 is 0 Å². The number of carbonyl (C=O) groups is 2. The highest BCUT2D eigenvalue weighted by atomic mass is 19.4. The largest absolute Gasteiger partial charge is 0.494 e. The third kappa shape index (κ3) is 8.37. The van der Waals surface area contributed by atoms with Crippen molar-refractivity contribution in [1.29, 1.82) is 10.5 Å². The summed E-state index contributed by atoms with van der Waals surface area (Å²) in [7, 11) is 3.75. The molecule has 8 rings (SSSR count). The van der Waals surface area contributed by atoms with Gasteiger partial charge in [-0.3, -0.25) is 9.80 Å². The van der Waals surface area contributed by atoms with Gasteiger partial charge in [-0.05, 0) is 71.8 Å². The normalized spacial score (nSPS) is 16.3. The second-order valence-electron chi connectivity index (χ2n) is 16.3. The number of rotatable bonds is 10. The van der Waals surface area contributed by atoms with Gasteiger partial charge in [0.05, 0.1) is 121 Å². The summed E-state index contributed by atoms with van der Waals surface area (Å²) in [6.45, 7) is 0.902. The molecule has 0 aliphatic carbocycles. The Morgan fingerprint density at radius 1 is 0.615 bits per heavy atom. The molecule has 0 saturated heterocycles. The predicted molar refractivity (Wildman–Crippen MR) is 224 cm³/mol. The Morgan fingerprint density at radius 2 is 0.985 bits per heavy atom. The maximum absolute atomic E-state index is 13.8. The van der Waals surface area contributed by atoms with Crippen molar-refractivity contribution in [2.45, 2.75) is 37.5 Å². The first-order valence-electron chi connectivity index (χ1n) is 20.0. The van der Waals surface area contributed by atoms with Crippen molar-refractivity contribution in [3.8, 4) is 23.9 Å². The van der Waals surface area contributed by atoms with Crippen LogP contribution in [0.1, 0.15) is 56.6 Å². The summed E-state index contributed by atoms with van der Waals surface area (Å²) in [5.41, 5.74) is 0.262. The minimum atomic E-state index is -4.70. The topological polar surface area (TPSA) is 163 Å². The quantitative estimate of drug-likeness (QED) is 0.0792. The van der Waals surface area contributed by atoms with Crippen molar-refractivity contribution in [2.75, 3.05) is 37.0 Å². The van der Waals surface area contributed by atoms with Gasteiger partial charge in [-0.15, -0.1) is 0 Å². The van der Waals surface area contributed by atoms with Crippen LogP contribution in [0.3, 0.4) is 0 Å². The highest BCUT2D eigenvalue weighted by molar-refractivity contribution is 6.04. The van der Waals surface area contributed by atoms with Crippen molar-refractivity contribution in [1.82, 2.24) is 19.8 Å². The molecular weight excluding hydrogens is 857 g/mol. The molecule has 0 spiro atoms. The predicted octanol–water partition coefficient (Wildman–Crippen LogP) is 9.16. The number of likely N-dealkylation sites (N-methyl/N-ethyl adjacent to an activating group) is 1. The molecule has 0 unspecified atom stereocenters. The number of nitriles is 2. The first-order valence-corrected chi connectivity index (χ1v) is 20.0. The molecule has 4 heterocycles. The molecule has 2 aliphatic heterocycles. The van der Waals surface area contributed by atoms with Gasteiger partial charge in [0.2, 0.25) is 0 Å². The fourth-order valence-electron chi connectivity index (χ4n) is 8.11. The number of amides is 4. The molecule has 0 fully saturated rings. The number of alkyl halides is 6. The Hall–Kier alpha value is -7.90. The van der Waals surface area contributed by atoms with Gasteiger partial charge in [0.1, 0.15) is 0 Å². The van der Waals surface area contributed by atoms with E-state index in [1.807, 2.05) is 26.2 Å². The van der Waals surface area contributed by atoms with Gasteiger partial charge in [0.15, 0.2) is 11.8 Å². The number of benzene rings is 4. The molecule has 332 valence electrons. The molecule has 4 aromatic carbocycles. The molecule has 65 heavy (non-hydrogen) atoms. The third-order valence-electron chi connectivity index (χ3n) is 11.6. The van der Waals surface area contributed by atoms with Crippen LogP contribution in [0.2, 0.25) is 0 Å². The molecule has 4 N–H and O–H groups in total. The Balaban J connectivity index is 1.10. The second kappa shape index (κ2) is 16.3. The average Bonchev–Trinajstić information content (AvgIpc) is 3.78. The third-order valence-corrected chi connectivity index (χ3v) is 11.6. The van der Waals surface area contributed by atoms with Crippen LogP contribution in [-0.2, 0) is 25.4 Å². The standard InChI is InChI=1S/C46H37F6N9O4/c1-61(2,19-17-57-25-35-37(41(57)62)39(29-13-9-27(23-53)10-14-29)55-43(64)59(35)33-7-3-5-31(21-33)45(47,48)49)20-18-58-26-36-38(42(58)63)40(30-15-11-28(24-54)12-16-30)56-44(65)60(36)34-8-4-6-32(22-34)46(50,51)52/h3-16,21-22,25-26,39-40H,17-20H2,1-2H3,(H3-,55,56,62,63,64,65)/p+1/t39-,40-/m1/s1. The number of hydrogen-bond acceptors (Lipinski definition) is 6. The van der Waals surface area contributed by atoms with E-state index < -0.39 is 47.6 Å². The fraction of sp³-hybridized carbons (Fsp3) is 0.217. The van der Waals surface area contributed by atoms with Crippen LogP contribution in [0, 0.1) is 22.7 Å². The van der Waals surface area contributed by atoms with Crippen LogP contribution in [0.5, 0.6) is 11.8 Å². The monoisotopic (exact) mass is 894 g/mol. The van der Waals surface area contributed by atoms with E-state index in [0.717, 1.165) is 34.1 Å². The van der Waals surface area contributed by atoms with Crippen molar-refractivity contribution < 1.29 is 50.6 Å². The first kappa shape index (κ1) is 43.7. The van der Waals surface area contributed by atoms with Crippen LogP contribution < -0.4 is 20.4 Å². The number of urea groups is 2. The van der Waals surface area contributed by atoms with Gasteiger partial charge in [-0.1, -0.05) is 36.4 Å². The van der Waals surface area contributed by atoms with Crippen LogP contribution in [0.15, 0.2) is 109 Å². The lowest BCUT2D eigenvalue weighted by molar-refractivity contribution is -0.891.